The van der Waals surface area contributed by atoms with Crippen molar-refractivity contribution >= 4 is 11.9 Å². The zero-order chi connectivity index (χ0) is 19.3. The van der Waals surface area contributed by atoms with Gasteiger partial charge in [-0.2, -0.15) is 0 Å². The van der Waals surface area contributed by atoms with Crippen LogP contribution in [0.3, 0.4) is 0 Å². The standard InChI is InChI=1S/C22H32O4/c1-6-20(3)13-15-8-9-17-21(4,10-7-11-22(17,5)19(24)25)16(15)12-18(20)26-14(2)23/h6,13,16-18H,1,7-12H2,2-5H3,(H,24,25)/t16-,17+,18+,20+,21+,22+/m0/s1. The van der Waals surface area contributed by atoms with E-state index in [2.05, 4.69) is 26.5 Å². The van der Waals surface area contributed by atoms with Crippen LogP contribution in [0.1, 0.15) is 66.2 Å². The zero-order valence-corrected chi connectivity index (χ0v) is 16.5. The third-order valence-corrected chi connectivity index (χ3v) is 7.82. The molecule has 0 saturated heterocycles. The molecule has 2 saturated carbocycles. The van der Waals surface area contributed by atoms with Crippen molar-refractivity contribution in [3.05, 3.63) is 24.3 Å². The summed E-state index contributed by atoms with van der Waals surface area (Å²) in [7, 11) is 0. The van der Waals surface area contributed by atoms with Gasteiger partial charge >= 0.3 is 11.9 Å². The van der Waals surface area contributed by atoms with Crippen molar-refractivity contribution in [2.75, 3.05) is 0 Å². The SMILES string of the molecule is C=C[C@]1(C)C=C2CC[C@@H]3[C@](C)(CCC[C@@]3(C)C(=O)O)[C@H]2C[C@H]1OC(C)=O. The number of carboxylic acid groups (broad SMARTS) is 1. The zero-order valence-electron chi connectivity index (χ0n) is 16.5. The second kappa shape index (κ2) is 6.24. The maximum Gasteiger partial charge on any atom is 0.309 e. The number of aliphatic carboxylic acids is 1. The Morgan fingerprint density at radius 1 is 1.31 bits per heavy atom. The van der Waals surface area contributed by atoms with Gasteiger partial charge in [-0.3, -0.25) is 9.59 Å². The first-order chi connectivity index (χ1) is 12.1. The van der Waals surface area contributed by atoms with E-state index in [0.29, 0.717) is 0 Å². The van der Waals surface area contributed by atoms with E-state index in [1.54, 1.807) is 0 Å². The van der Waals surface area contributed by atoms with Crippen LogP contribution in [0.2, 0.25) is 0 Å². The number of hydrogen-bond donors (Lipinski definition) is 1. The Hall–Kier alpha value is -1.58. The van der Waals surface area contributed by atoms with Crippen LogP contribution >= 0.6 is 0 Å². The summed E-state index contributed by atoms with van der Waals surface area (Å²) < 4.78 is 5.70. The Kier molecular flexibility index (Phi) is 4.61. The maximum atomic E-state index is 12.1. The minimum atomic E-state index is -0.663. The fourth-order valence-electron chi connectivity index (χ4n) is 6.26. The lowest BCUT2D eigenvalue weighted by Gasteiger charge is -2.59. The van der Waals surface area contributed by atoms with Gasteiger partial charge in [-0.15, -0.1) is 6.58 Å². The first kappa shape index (κ1) is 19.2. The van der Waals surface area contributed by atoms with Crippen molar-refractivity contribution in [2.45, 2.75) is 72.3 Å². The van der Waals surface area contributed by atoms with E-state index in [1.807, 2.05) is 13.0 Å². The number of carbonyl (C=O) groups excluding carboxylic acids is 1. The van der Waals surface area contributed by atoms with Crippen LogP contribution in [-0.4, -0.2) is 23.1 Å². The summed E-state index contributed by atoms with van der Waals surface area (Å²) in [6, 6.07) is 0. The largest absolute Gasteiger partial charge is 0.481 e. The molecule has 0 amide bonds. The lowest BCUT2D eigenvalue weighted by Crippen LogP contribution is -2.55. The molecule has 0 aromatic carbocycles. The minimum Gasteiger partial charge on any atom is -0.481 e. The van der Waals surface area contributed by atoms with Crippen molar-refractivity contribution in [3.8, 4) is 0 Å². The normalized spacial score (nSPS) is 44.9. The number of rotatable bonds is 3. The van der Waals surface area contributed by atoms with Crippen LogP contribution in [0, 0.1) is 28.1 Å². The molecule has 4 heteroatoms. The number of ether oxygens (including phenoxy) is 1. The Balaban J connectivity index is 2.02. The van der Waals surface area contributed by atoms with E-state index in [0.717, 1.165) is 38.5 Å². The summed E-state index contributed by atoms with van der Waals surface area (Å²) in [6.07, 6.45) is 9.27. The third kappa shape index (κ3) is 2.73. The van der Waals surface area contributed by atoms with E-state index < -0.39 is 11.4 Å². The summed E-state index contributed by atoms with van der Waals surface area (Å²) in [5.74, 6) is -0.493. The number of fused-ring (bicyclic) bond motifs is 3. The van der Waals surface area contributed by atoms with E-state index in [4.69, 9.17) is 4.74 Å². The molecule has 4 nitrogen and oxygen atoms in total. The van der Waals surface area contributed by atoms with E-state index in [9.17, 15) is 14.7 Å². The molecule has 3 rings (SSSR count). The van der Waals surface area contributed by atoms with Crippen molar-refractivity contribution in [1.82, 2.24) is 0 Å². The van der Waals surface area contributed by atoms with Gasteiger partial charge in [0, 0.05) is 12.3 Å². The summed E-state index contributed by atoms with van der Waals surface area (Å²) in [5, 5.41) is 9.94. The average Bonchev–Trinajstić information content (AvgIpc) is 2.55. The molecule has 0 radical (unpaired) electrons. The molecular formula is C22H32O4. The number of hydrogen-bond acceptors (Lipinski definition) is 3. The predicted octanol–water partition coefficient (Wildman–Crippen LogP) is 4.75. The first-order valence-corrected chi connectivity index (χ1v) is 9.82. The summed E-state index contributed by atoms with van der Waals surface area (Å²) in [5.41, 5.74) is 0.334. The monoisotopic (exact) mass is 360 g/mol. The smallest absolute Gasteiger partial charge is 0.309 e. The summed E-state index contributed by atoms with van der Waals surface area (Å²) >= 11 is 0. The third-order valence-electron chi connectivity index (χ3n) is 7.82. The molecule has 2 fully saturated rings. The molecule has 0 aliphatic heterocycles. The fourth-order valence-corrected chi connectivity index (χ4v) is 6.26. The molecule has 26 heavy (non-hydrogen) atoms. The molecule has 0 aromatic rings. The highest BCUT2D eigenvalue weighted by atomic mass is 16.5. The van der Waals surface area contributed by atoms with Gasteiger partial charge in [0.15, 0.2) is 0 Å². The topological polar surface area (TPSA) is 63.6 Å². The van der Waals surface area contributed by atoms with Crippen molar-refractivity contribution in [2.24, 2.45) is 28.1 Å². The van der Waals surface area contributed by atoms with E-state index in [-0.39, 0.29) is 34.7 Å². The Bertz CT molecular complexity index is 665. The quantitative estimate of drug-likeness (QED) is 0.583. The van der Waals surface area contributed by atoms with E-state index >= 15 is 0 Å². The lowest BCUT2D eigenvalue weighted by atomic mass is 9.45. The average molecular weight is 360 g/mol. The van der Waals surface area contributed by atoms with Gasteiger partial charge in [0.25, 0.3) is 0 Å². The highest BCUT2D eigenvalue weighted by Gasteiger charge is 2.59. The first-order valence-electron chi connectivity index (χ1n) is 9.82. The molecule has 0 bridgehead atoms. The fraction of sp³-hybridized carbons (Fsp3) is 0.727. The van der Waals surface area contributed by atoms with Crippen LogP contribution in [0.5, 0.6) is 0 Å². The predicted molar refractivity (Wildman–Crippen MR) is 100 cm³/mol. The number of carbonyl (C=O) groups is 2. The minimum absolute atomic E-state index is 0.0592. The van der Waals surface area contributed by atoms with Crippen LogP contribution in [0.25, 0.3) is 0 Å². The molecule has 0 spiro atoms. The van der Waals surface area contributed by atoms with Crippen molar-refractivity contribution < 1.29 is 19.4 Å². The molecule has 0 heterocycles. The number of esters is 1. The van der Waals surface area contributed by atoms with E-state index in [1.165, 1.54) is 12.5 Å². The number of carboxylic acids is 1. The highest BCUT2D eigenvalue weighted by molar-refractivity contribution is 5.75. The Labute approximate surface area is 156 Å². The highest BCUT2D eigenvalue weighted by Crippen LogP contribution is 2.64. The second-order valence-corrected chi connectivity index (χ2v) is 9.35. The van der Waals surface area contributed by atoms with Crippen molar-refractivity contribution in [3.63, 3.8) is 0 Å². The van der Waals surface area contributed by atoms with Gasteiger partial charge in [-0.25, -0.2) is 0 Å². The molecular weight excluding hydrogens is 328 g/mol. The molecule has 144 valence electrons. The maximum absolute atomic E-state index is 12.1. The van der Waals surface area contributed by atoms with Crippen LogP contribution < -0.4 is 0 Å². The van der Waals surface area contributed by atoms with Gasteiger partial charge in [-0.05, 0) is 63.2 Å². The second-order valence-electron chi connectivity index (χ2n) is 9.35. The summed E-state index contributed by atoms with van der Waals surface area (Å²) in [4.78, 5) is 23.8. The Morgan fingerprint density at radius 3 is 2.58 bits per heavy atom. The van der Waals surface area contributed by atoms with Gasteiger partial charge < -0.3 is 9.84 Å². The molecule has 0 aromatic heterocycles. The van der Waals surface area contributed by atoms with Crippen LogP contribution in [0.15, 0.2) is 24.3 Å². The molecule has 0 unspecified atom stereocenters. The van der Waals surface area contributed by atoms with Crippen LogP contribution in [-0.2, 0) is 14.3 Å². The molecule has 6 atom stereocenters. The molecule has 1 N–H and O–H groups in total. The molecule has 3 aliphatic carbocycles. The van der Waals surface area contributed by atoms with Gasteiger partial charge in [0.1, 0.15) is 6.10 Å². The van der Waals surface area contributed by atoms with Gasteiger partial charge in [-0.1, -0.05) is 31.1 Å². The lowest BCUT2D eigenvalue weighted by molar-refractivity contribution is -0.167. The van der Waals surface area contributed by atoms with Crippen LogP contribution in [0.4, 0.5) is 0 Å². The van der Waals surface area contributed by atoms with Gasteiger partial charge in [0.05, 0.1) is 5.41 Å². The Morgan fingerprint density at radius 2 is 2.00 bits per heavy atom. The van der Waals surface area contributed by atoms with Gasteiger partial charge in [0.2, 0.25) is 0 Å². The summed E-state index contributed by atoms with van der Waals surface area (Å²) in [6.45, 7) is 11.7. The number of allylic oxidation sites excluding steroid dienone is 1. The van der Waals surface area contributed by atoms with Crippen molar-refractivity contribution in [1.29, 1.82) is 0 Å². The molecule has 3 aliphatic rings.